The van der Waals surface area contributed by atoms with Crippen LogP contribution in [0.4, 0.5) is 0 Å². The summed E-state index contributed by atoms with van der Waals surface area (Å²) in [5.74, 6) is 1.78. The Morgan fingerprint density at radius 3 is 1.32 bits per heavy atom. The molecule has 204 valence electrons. The van der Waals surface area contributed by atoms with Crippen LogP contribution in [-0.4, -0.2) is 62.3 Å². The lowest BCUT2D eigenvalue weighted by molar-refractivity contribution is 0.223. The van der Waals surface area contributed by atoms with Crippen molar-refractivity contribution in [1.29, 1.82) is 0 Å². The molecule has 0 aromatic heterocycles. The van der Waals surface area contributed by atoms with Gasteiger partial charge in [-0.2, -0.15) is 0 Å². The fraction of sp³-hybridized carbons (Fsp3) is 0.394. The van der Waals surface area contributed by atoms with Crippen molar-refractivity contribution in [3.05, 3.63) is 94.5 Å². The van der Waals surface area contributed by atoms with Crippen molar-refractivity contribution in [2.24, 2.45) is 0 Å². The molecule has 0 fully saturated rings. The van der Waals surface area contributed by atoms with Crippen LogP contribution >= 0.6 is 11.6 Å². The Hall–Kier alpha value is -2.79. The summed E-state index contributed by atoms with van der Waals surface area (Å²) in [6.07, 6.45) is 0. The number of likely N-dealkylation sites (N-methyl/N-ethyl adjacent to an activating group) is 2. The first-order chi connectivity index (χ1) is 18.5. The lowest BCUT2D eigenvalue weighted by atomic mass is 9.90. The number of hydrogen-bond donors (Lipinski definition) is 0. The van der Waals surface area contributed by atoms with Crippen molar-refractivity contribution in [2.45, 2.75) is 34.6 Å². The fourth-order valence-corrected chi connectivity index (χ4v) is 4.67. The van der Waals surface area contributed by atoms with E-state index in [2.05, 4.69) is 105 Å². The molecule has 0 aliphatic rings. The Labute approximate surface area is 234 Å². The van der Waals surface area contributed by atoms with Gasteiger partial charge in [-0.25, -0.2) is 0 Å². The molecule has 3 aromatic carbocycles. The average molecular weight is 535 g/mol. The summed E-state index contributed by atoms with van der Waals surface area (Å²) in [5, 5.41) is 0.737. The second-order valence-corrected chi connectivity index (χ2v) is 9.74. The number of ether oxygens (including phenoxy) is 2. The van der Waals surface area contributed by atoms with Crippen LogP contribution in [0.2, 0.25) is 5.02 Å². The van der Waals surface area contributed by atoms with Gasteiger partial charge in [0.1, 0.15) is 24.7 Å². The van der Waals surface area contributed by atoms with E-state index in [1.165, 1.54) is 11.1 Å². The molecule has 0 amide bonds. The van der Waals surface area contributed by atoms with E-state index >= 15 is 0 Å². The Balaban J connectivity index is 1.83. The zero-order valence-electron chi connectivity index (χ0n) is 23.7. The number of nitrogens with zero attached hydrogens (tertiary/aromatic N) is 2. The van der Waals surface area contributed by atoms with E-state index in [9.17, 15) is 0 Å². The second kappa shape index (κ2) is 15.6. The summed E-state index contributed by atoms with van der Waals surface area (Å²) in [4.78, 5) is 4.73. The van der Waals surface area contributed by atoms with Crippen LogP contribution in [0.5, 0.6) is 11.5 Å². The van der Waals surface area contributed by atoms with Crippen LogP contribution in [0.3, 0.4) is 0 Å². The SMILES string of the molecule is CCN(CC)CCOc1ccc(C(=C(C)c2ccc(Cl)cc2)c2ccc(OCCN(CC)CC)cc2)cc1. The van der Waals surface area contributed by atoms with Gasteiger partial charge in [0.2, 0.25) is 0 Å². The first kappa shape index (κ1) is 29.8. The van der Waals surface area contributed by atoms with E-state index in [1.807, 2.05) is 12.1 Å². The van der Waals surface area contributed by atoms with E-state index in [0.29, 0.717) is 13.2 Å². The Bertz CT molecular complexity index is 1050. The van der Waals surface area contributed by atoms with Crippen molar-refractivity contribution in [3.63, 3.8) is 0 Å². The van der Waals surface area contributed by atoms with Crippen molar-refractivity contribution in [1.82, 2.24) is 9.80 Å². The van der Waals surface area contributed by atoms with Crippen LogP contribution in [0, 0.1) is 0 Å². The Morgan fingerprint density at radius 2 is 0.947 bits per heavy atom. The highest BCUT2D eigenvalue weighted by molar-refractivity contribution is 6.30. The number of allylic oxidation sites excluding steroid dienone is 1. The molecule has 0 aliphatic heterocycles. The summed E-state index contributed by atoms with van der Waals surface area (Å²) in [6.45, 7) is 18.3. The monoisotopic (exact) mass is 534 g/mol. The van der Waals surface area contributed by atoms with E-state index < -0.39 is 0 Å². The maximum Gasteiger partial charge on any atom is 0.119 e. The van der Waals surface area contributed by atoms with E-state index in [-0.39, 0.29) is 0 Å². The molecule has 0 heterocycles. The summed E-state index contributed by atoms with van der Waals surface area (Å²) in [7, 11) is 0. The van der Waals surface area contributed by atoms with Gasteiger partial charge in [0, 0.05) is 18.1 Å². The quantitative estimate of drug-likeness (QED) is 0.186. The van der Waals surface area contributed by atoms with E-state index in [1.54, 1.807) is 0 Å². The van der Waals surface area contributed by atoms with Crippen LogP contribution < -0.4 is 9.47 Å². The maximum absolute atomic E-state index is 6.17. The molecule has 5 heteroatoms. The Morgan fingerprint density at radius 1 is 0.579 bits per heavy atom. The third-order valence-corrected chi connectivity index (χ3v) is 7.33. The highest BCUT2D eigenvalue weighted by atomic mass is 35.5. The normalized spacial score (nSPS) is 11.2. The zero-order chi connectivity index (χ0) is 27.3. The largest absolute Gasteiger partial charge is 0.492 e. The van der Waals surface area contributed by atoms with Gasteiger partial charge in [-0.1, -0.05) is 75.7 Å². The smallest absolute Gasteiger partial charge is 0.119 e. The predicted molar refractivity (Wildman–Crippen MR) is 162 cm³/mol. The number of hydrogen-bond acceptors (Lipinski definition) is 4. The molecule has 0 saturated carbocycles. The highest BCUT2D eigenvalue weighted by Gasteiger charge is 2.12. The lowest BCUT2D eigenvalue weighted by Gasteiger charge is -2.19. The first-order valence-electron chi connectivity index (χ1n) is 13.9. The van der Waals surface area contributed by atoms with Gasteiger partial charge in [-0.05, 0) is 97.3 Å². The van der Waals surface area contributed by atoms with E-state index in [4.69, 9.17) is 21.1 Å². The van der Waals surface area contributed by atoms with Crippen LogP contribution in [0.1, 0.15) is 51.3 Å². The average Bonchev–Trinajstić information content (AvgIpc) is 2.95. The first-order valence-corrected chi connectivity index (χ1v) is 14.2. The summed E-state index contributed by atoms with van der Waals surface area (Å²) < 4.78 is 12.1. The number of benzene rings is 3. The van der Waals surface area contributed by atoms with E-state index in [0.717, 1.165) is 72.5 Å². The van der Waals surface area contributed by atoms with Gasteiger partial charge in [-0.15, -0.1) is 0 Å². The topological polar surface area (TPSA) is 24.9 Å². The molecule has 0 spiro atoms. The standard InChI is InChI=1S/C33H43ClN2O2/c1-6-35(7-2)22-24-37-31-18-12-28(13-19-31)33(26(5)27-10-16-30(34)17-11-27)29-14-20-32(21-15-29)38-25-23-36(8-3)9-4/h10-21H,6-9,22-25H2,1-5H3. The molecule has 4 nitrogen and oxygen atoms in total. The van der Waals surface area contributed by atoms with Crippen molar-refractivity contribution in [2.75, 3.05) is 52.5 Å². The maximum atomic E-state index is 6.17. The summed E-state index contributed by atoms with van der Waals surface area (Å²) in [5.41, 5.74) is 5.79. The van der Waals surface area contributed by atoms with Gasteiger partial charge >= 0.3 is 0 Å². The summed E-state index contributed by atoms with van der Waals surface area (Å²) >= 11 is 6.17. The van der Waals surface area contributed by atoms with Gasteiger partial charge in [0.15, 0.2) is 0 Å². The third kappa shape index (κ3) is 8.62. The van der Waals surface area contributed by atoms with Crippen molar-refractivity contribution >= 4 is 22.7 Å². The molecule has 3 rings (SSSR count). The molecule has 0 N–H and O–H groups in total. The number of halogens is 1. The van der Waals surface area contributed by atoms with Crippen LogP contribution in [0.15, 0.2) is 72.8 Å². The zero-order valence-corrected chi connectivity index (χ0v) is 24.4. The molecule has 0 radical (unpaired) electrons. The molecule has 3 aromatic rings. The van der Waals surface area contributed by atoms with Crippen molar-refractivity contribution < 1.29 is 9.47 Å². The van der Waals surface area contributed by atoms with Crippen LogP contribution in [0.25, 0.3) is 11.1 Å². The lowest BCUT2D eigenvalue weighted by Crippen LogP contribution is -2.27. The molecule has 0 unspecified atom stereocenters. The molecule has 0 saturated heterocycles. The molecule has 0 aliphatic carbocycles. The molecular formula is C33H43ClN2O2. The van der Waals surface area contributed by atoms with Gasteiger partial charge in [-0.3, -0.25) is 0 Å². The fourth-order valence-electron chi connectivity index (χ4n) is 4.54. The minimum absolute atomic E-state index is 0.684. The molecular weight excluding hydrogens is 492 g/mol. The minimum Gasteiger partial charge on any atom is -0.492 e. The minimum atomic E-state index is 0.684. The van der Waals surface area contributed by atoms with Gasteiger partial charge in [0.05, 0.1) is 0 Å². The second-order valence-electron chi connectivity index (χ2n) is 9.31. The summed E-state index contributed by atoms with van der Waals surface area (Å²) in [6, 6.07) is 24.9. The highest BCUT2D eigenvalue weighted by Crippen LogP contribution is 2.34. The number of rotatable bonds is 15. The van der Waals surface area contributed by atoms with Gasteiger partial charge in [0.25, 0.3) is 0 Å². The molecule has 38 heavy (non-hydrogen) atoms. The molecule has 0 atom stereocenters. The predicted octanol–water partition coefficient (Wildman–Crippen LogP) is 7.76. The van der Waals surface area contributed by atoms with Gasteiger partial charge < -0.3 is 19.3 Å². The van der Waals surface area contributed by atoms with Crippen LogP contribution in [-0.2, 0) is 0 Å². The Kier molecular flexibility index (Phi) is 12.2. The molecule has 0 bridgehead atoms. The third-order valence-electron chi connectivity index (χ3n) is 7.08. The van der Waals surface area contributed by atoms with Crippen molar-refractivity contribution in [3.8, 4) is 11.5 Å².